The van der Waals surface area contributed by atoms with Crippen LogP contribution in [0.5, 0.6) is 23.0 Å². The van der Waals surface area contributed by atoms with Crippen molar-refractivity contribution >= 4 is 49.8 Å². The van der Waals surface area contributed by atoms with E-state index in [1.807, 2.05) is 0 Å². The Balaban J connectivity index is 0.962. The smallest absolute Gasteiger partial charge is 0.160 e. The van der Waals surface area contributed by atoms with Crippen molar-refractivity contribution in [2.45, 2.75) is 10.8 Å². The quantitative estimate of drug-likeness (QED) is 0.176. The van der Waals surface area contributed by atoms with Crippen molar-refractivity contribution in [1.29, 1.82) is 0 Å². The van der Waals surface area contributed by atoms with Crippen molar-refractivity contribution < 1.29 is 13.9 Å². The normalized spacial score (nSPS) is 14.2. The molecule has 0 radical (unpaired) electrons. The number of benzene rings is 12. The van der Waals surface area contributed by atoms with Crippen LogP contribution in [0.3, 0.4) is 0 Å². The fourth-order valence-electron chi connectivity index (χ4n) is 14.1. The molecule has 13 aromatic rings. The van der Waals surface area contributed by atoms with E-state index in [0.29, 0.717) is 0 Å². The number of rotatable bonds is 4. The van der Waals surface area contributed by atoms with Crippen molar-refractivity contribution in [2.24, 2.45) is 0 Å². The van der Waals surface area contributed by atoms with Crippen LogP contribution in [0, 0.1) is 0 Å². The summed E-state index contributed by atoms with van der Waals surface area (Å²) in [5.41, 5.74) is 19.7. The molecule has 3 heterocycles. The van der Waals surface area contributed by atoms with Gasteiger partial charge in [-0.3, -0.25) is 0 Å². The van der Waals surface area contributed by atoms with Crippen LogP contribution < -0.4 is 14.4 Å². The van der Waals surface area contributed by atoms with Gasteiger partial charge in [-0.05, 0) is 115 Å². The highest BCUT2D eigenvalue weighted by Gasteiger charge is 2.53. The Morgan fingerprint density at radius 1 is 0.289 bits per heavy atom. The number of hydrogen-bond acceptors (Lipinski definition) is 4. The summed E-state index contributed by atoms with van der Waals surface area (Å²) in [5.74, 6) is 3.32. The summed E-state index contributed by atoms with van der Waals surface area (Å²) in [6.45, 7) is 0. The molecule has 4 aliphatic rings. The van der Waals surface area contributed by atoms with Gasteiger partial charge in [0.15, 0.2) is 5.58 Å². The molecule has 4 nitrogen and oxygen atoms in total. The summed E-state index contributed by atoms with van der Waals surface area (Å²) in [6.07, 6.45) is 0. The Hall–Kier alpha value is -9.90. The number of furan rings is 1. The first kappa shape index (κ1) is 41.6. The first-order valence-electron chi connectivity index (χ1n) is 26.1. The monoisotopic (exact) mass is 969 g/mol. The van der Waals surface area contributed by atoms with E-state index >= 15 is 0 Å². The fourth-order valence-corrected chi connectivity index (χ4v) is 14.1. The van der Waals surface area contributed by atoms with Gasteiger partial charge in [0.25, 0.3) is 0 Å². The molecule has 0 fully saturated rings. The lowest BCUT2D eigenvalue weighted by atomic mass is 9.66. The summed E-state index contributed by atoms with van der Waals surface area (Å²) in [4.78, 5) is 2.38. The second kappa shape index (κ2) is 15.3. The number of ether oxygens (including phenoxy) is 2. The standard InChI is InChI=1S/C72H43NO3/c1-2-20-47-44(18-1)19-17-26-48(47)53-38-40-63(70-69(53)54-25-7-14-33-64(54)76-70)73(45-37-41-67-62(42-45)72(60-32-13-15-34-65(60)74-67)57-29-10-5-23-51(57)52-24-6-11-30-58(52)72)46-36-39-61-68(43-46)75-66-35-16-12-31-59(66)71(61)55-27-8-3-21-49(55)50-22-4-9-28-56(50)71/h1-43H. The highest BCUT2D eigenvalue weighted by Crippen LogP contribution is 2.65. The maximum absolute atomic E-state index is 7.24. The van der Waals surface area contributed by atoms with Gasteiger partial charge < -0.3 is 18.8 Å². The number of nitrogens with zero attached hydrogens (tertiary/aromatic N) is 1. The predicted molar refractivity (Wildman–Crippen MR) is 306 cm³/mol. The molecular weight excluding hydrogens is 927 g/mol. The molecule has 17 rings (SSSR count). The van der Waals surface area contributed by atoms with E-state index in [1.165, 1.54) is 55.3 Å². The van der Waals surface area contributed by atoms with Gasteiger partial charge >= 0.3 is 0 Å². The lowest BCUT2D eigenvalue weighted by molar-refractivity contribution is 0.436. The largest absolute Gasteiger partial charge is 0.457 e. The second-order valence-corrected chi connectivity index (χ2v) is 20.5. The van der Waals surface area contributed by atoms with E-state index in [0.717, 1.165) is 95.4 Å². The van der Waals surface area contributed by atoms with Crippen molar-refractivity contribution in [3.8, 4) is 56.4 Å². The third-order valence-corrected chi connectivity index (χ3v) is 17.0. The van der Waals surface area contributed by atoms with Crippen LogP contribution in [0.25, 0.3) is 66.1 Å². The fraction of sp³-hybridized carbons (Fsp3) is 0.0278. The van der Waals surface area contributed by atoms with E-state index < -0.39 is 10.8 Å². The van der Waals surface area contributed by atoms with Crippen molar-refractivity contribution in [3.63, 3.8) is 0 Å². The van der Waals surface area contributed by atoms with E-state index in [1.54, 1.807) is 0 Å². The zero-order valence-corrected chi connectivity index (χ0v) is 41.0. The van der Waals surface area contributed by atoms with Crippen LogP contribution >= 0.6 is 0 Å². The first-order chi connectivity index (χ1) is 37.7. The second-order valence-electron chi connectivity index (χ2n) is 20.5. The molecule has 4 heteroatoms. The SMILES string of the molecule is c1ccc2c(c1)Oc1cc(N(c3ccc4c(c3)C3(c5ccccc5O4)c4ccccc4-c4ccccc43)c3ccc(-c4cccc5ccccc45)c4c3oc3ccccc34)ccc1C21c2ccccc2-c2ccccc21. The van der Waals surface area contributed by atoms with Crippen LogP contribution in [0.15, 0.2) is 265 Å². The summed E-state index contributed by atoms with van der Waals surface area (Å²) >= 11 is 0. The van der Waals surface area contributed by atoms with E-state index in [-0.39, 0.29) is 0 Å². The maximum Gasteiger partial charge on any atom is 0.160 e. The van der Waals surface area contributed by atoms with Gasteiger partial charge in [0, 0.05) is 50.5 Å². The van der Waals surface area contributed by atoms with Gasteiger partial charge in [0.1, 0.15) is 28.6 Å². The molecule has 0 amide bonds. The Morgan fingerprint density at radius 2 is 0.750 bits per heavy atom. The number of fused-ring (bicyclic) bond motifs is 22. The lowest BCUT2D eigenvalue weighted by Crippen LogP contribution is -2.32. The predicted octanol–water partition coefficient (Wildman–Crippen LogP) is 18.8. The van der Waals surface area contributed by atoms with E-state index in [9.17, 15) is 0 Å². The third kappa shape index (κ3) is 5.32. The van der Waals surface area contributed by atoms with Gasteiger partial charge in [-0.25, -0.2) is 0 Å². The topological polar surface area (TPSA) is 34.8 Å². The van der Waals surface area contributed by atoms with Crippen LogP contribution in [0.2, 0.25) is 0 Å². The molecule has 2 spiro atoms. The Kier molecular flexibility index (Phi) is 8.38. The average Bonchev–Trinajstić information content (AvgIpc) is 4.32. The molecule has 0 unspecified atom stereocenters. The highest BCUT2D eigenvalue weighted by atomic mass is 16.5. The average molecular weight is 970 g/mol. The molecule has 0 atom stereocenters. The summed E-state index contributed by atoms with van der Waals surface area (Å²) in [7, 11) is 0. The van der Waals surface area contributed by atoms with Gasteiger partial charge in [0.05, 0.1) is 16.5 Å². The first-order valence-corrected chi connectivity index (χ1v) is 26.1. The van der Waals surface area contributed by atoms with Crippen LogP contribution in [0.4, 0.5) is 17.1 Å². The molecule has 12 aromatic carbocycles. The van der Waals surface area contributed by atoms with Crippen molar-refractivity contribution in [3.05, 3.63) is 305 Å². The zero-order chi connectivity index (χ0) is 49.7. The summed E-state index contributed by atoms with van der Waals surface area (Å²) in [6, 6.07) is 94.6. The van der Waals surface area contributed by atoms with Crippen molar-refractivity contribution in [2.75, 3.05) is 4.90 Å². The van der Waals surface area contributed by atoms with E-state index in [2.05, 4.69) is 266 Å². The third-order valence-electron chi connectivity index (χ3n) is 17.0. The van der Waals surface area contributed by atoms with Crippen LogP contribution in [-0.2, 0) is 10.8 Å². The summed E-state index contributed by atoms with van der Waals surface area (Å²) < 4.78 is 21.5. The van der Waals surface area contributed by atoms with Crippen molar-refractivity contribution in [1.82, 2.24) is 0 Å². The molecule has 1 aromatic heterocycles. The van der Waals surface area contributed by atoms with E-state index in [4.69, 9.17) is 13.9 Å². The molecular formula is C72H43NO3. The minimum absolute atomic E-state index is 0.612. The number of hydrogen-bond donors (Lipinski definition) is 0. The lowest BCUT2D eigenvalue weighted by Gasteiger charge is -2.41. The zero-order valence-electron chi connectivity index (χ0n) is 41.0. The van der Waals surface area contributed by atoms with Crippen LogP contribution in [0.1, 0.15) is 44.5 Å². The minimum Gasteiger partial charge on any atom is -0.457 e. The number of para-hydroxylation sites is 3. The molecule has 2 aliphatic carbocycles. The highest BCUT2D eigenvalue weighted by molar-refractivity contribution is 6.19. The summed E-state index contributed by atoms with van der Waals surface area (Å²) in [5, 5.41) is 4.49. The molecule has 0 saturated heterocycles. The van der Waals surface area contributed by atoms with Crippen LogP contribution in [-0.4, -0.2) is 0 Å². The Bertz CT molecular complexity index is 4540. The van der Waals surface area contributed by atoms with Gasteiger partial charge in [-0.15, -0.1) is 0 Å². The molecule has 2 aliphatic heterocycles. The molecule has 0 N–H and O–H groups in total. The molecule has 0 saturated carbocycles. The molecule has 0 bridgehead atoms. The van der Waals surface area contributed by atoms with Gasteiger partial charge in [-0.1, -0.05) is 206 Å². The maximum atomic E-state index is 7.24. The van der Waals surface area contributed by atoms with Gasteiger partial charge in [-0.2, -0.15) is 0 Å². The Morgan fingerprint density at radius 3 is 1.41 bits per heavy atom. The number of anilines is 3. The Labute approximate surface area is 438 Å². The molecule has 76 heavy (non-hydrogen) atoms. The minimum atomic E-state index is -0.676. The van der Waals surface area contributed by atoms with Gasteiger partial charge in [0.2, 0.25) is 0 Å². The molecule has 354 valence electrons.